The number of nitro groups is 1. The number of carbonyl (C=O) groups excluding carboxylic acids is 2. The van der Waals surface area contributed by atoms with E-state index in [-0.39, 0.29) is 20.6 Å². The number of esters is 1. The van der Waals surface area contributed by atoms with E-state index < -0.39 is 29.2 Å². The Bertz CT molecular complexity index is 779. The summed E-state index contributed by atoms with van der Waals surface area (Å²) in [5, 5.41) is 12.7. The second kappa shape index (κ2) is 7.16. The minimum absolute atomic E-state index is 0.0119. The van der Waals surface area contributed by atoms with E-state index in [1.165, 1.54) is 18.2 Å². The number of hydrogen-bond acceptors (Lipinski definition) is 6. The minimum Gasteiger partial charge on any atom is -0.451 e. The third-order valence-corrected chi connectivity index (χ3v) is 3.76. The van der Waals surface area contributed by atoms with Gasteiger partial charge in [0.15, 0.2) is 6.61 Å². The molecule has 0 saturated carbocycles. The summed E-state index contributed by atoms with van der Waals surface area (Å²) in [6.45, 7) is -0.660. The normalized spacial score (nSPS) is 10.2. The molecule has 0 aliphatic rings. The van der Waals surface area contributed by atoms with Crippen LogP contribution in [0.25, 0.3) is 0 Å². The lowest BCUT2D eigenvalue weighted by Gasteiger charge is -2.07. The lowest BCUT2D eigenvalue weighted by Crippen LogP contribution is -2.21. The molecule has 0 saturated heterocycles. The number of thiophene rings is 1. The summed E-state index contributed by atoms with van der Waals surface area (Å²) in [6.07, 6.45) is 0. The van der Waals surface area contributed by atoms with E-state index in [4.69, 9.17) is 16.3 Å². The van der Waals surface area contributed by atoms with Gasteiger partial charge in [-0.15, -0.1) is 0 Å². The first-order valence-electron chi connectivity index (χ1n) is 6.03. The van der Waals surface area contributed by atoms with Crippen molar-refractivity contribution in [2.75, 3.05) is 11.9 Å². The highest BCUT2D eigenvalue weighted by Gasteiger charge is 2.17. The molecule has 0 aliphatic heterocycles. The molecule has 0 unspecified atom stereocenters. The van der Waals surface area contributed by atoms with Crippen LogP contribution < -0.4 is 5.32 Å². The smallest absolute Gasteiger partial charge is 0.349 e. The van der Waals surface area contributed by atoms with Crippen LogP contribution in [0.2, 0.25) is 5.02 Å². The molecule has 0 atom stereocenters. The standard InChI is InChI=1S/C13H8ClFN2O5S/c14-7-1-2-9(8(15)5-7)16-11(18)6-22-13(19)10-3-4-12(23-10)17(20)21/h1-5H,6H2,(H,16,18). The Morgan fingerprint density at radius 2 is 2.09 bits per heavy atom. The molecule has 7 nitrogen and oxygen atoms in total. The zero-order chi connectivity index (χ0) is 17.0. The van der Waals surface area contributed by atoms with E-state index in [1.54, 1.807) is 0 Å². The van der Waals surface area contributed by atoms with Crippen molar-refractivity contribution in [2.24, 2.45) is 0 Å². The molecule has 23 heavy (non-hydrogen) atoms. The molecular formula is C13H8ClFN2O5S. The van der Waals surface area contributed by atoms with Crippen molar-refractivity contribution in [2.45, 2.75) is 0 Å². The molecule has 1 aromatic heterocycles. The molecule has 0 spiro atoms. The number of halogens is 2. The van der Waals surface area contributed by atoms with Crippen LogP contribution in [0.5, 0.6) is 0 Å². The topological polar surface area (TPSA) is 98.5 Å². The lowest BCUT2D eigenvalue weighted by molar-refractivity contribution is -0.380. The lowest BCUT2D eigenvalue weighted by atomic mass is 10.3. The molecule has 1 heterocycles. The number of anilines is 1. The van der Waals surface area contributed by atoms with E-state index in [2.05, 4.69) is 5.32 Å². The van der Waals surface area contributed by atoms with Gasteiger partial charge in [0.2, 0.25) is 0 Å². The second-order valence-electron chi connectivity index (χ2n) is 4.14. The van der Waals surface area contributed by atoms with Crippen molar-refractivity contribution in [3.8, 4) is 0 Å². The summed E-state index contributed by atoms with van der Waals surface area (Å²) in [5.41, 5.74) is -0.109. The van der Waals surface area contributed by atoms with Gasteiger partial charge in [-0.3, -0.25) is 14.9 Å². The molecular weight excluding hydrogens is 351 g/mol. The van der Waals surface area contributed by atoms with Crippen LogP contribution >= 0.6 is 22.9 Å². The number of nitrogens with zero attached hydrogens (tertiary/aromatic N) is 1. The van der Waals surface area contributed by atoms with Crippen LogP contribution in [-0.4, -0.2) is 23.4 Å². The summed E-state index contributed by atoms with van der Waals surface area (Å²) in [5.74, 6) is -2.37. The van der Waals surface area contributed by atoms with E-state index >= 15 is 0 Å². The van der Waals surface area contributed by atoms with Gasteiger partial charge >= 0.3 is 11.0 Å². The van der Waals surface area contributed by atoms with Gasteiger partial charge in [-0.2, -0.15) is 0 Å². The van der Waals surface area contributed by atoms with Crippen LogP contribution in [0.4, 0.5) is 15.1 Å². The van der Waals surface area contributed by atoms with Gasteiger partial charge in [0, 0.05) is 11.1 Å². The number of rotatable bonds is 5. The highest BCUT2D eigenvalue weighted by Crippen LogP contribution is 2.24. The second-order valence-corrected chi connectivity index (χ2v) is 5.64. The van der Waals surface area contributed by atoms with Crippen LogP contribution in [0.1, 0.15) is 9.67 Å². The summed E-state index contributed by atoms with van der Waals surface area (Å²) < 4.78 is 18.2. The van der Waals surface area contributed by atoms with Crippen LogP contribution in [0, 0.1) is 15.9 Å². The zero-order valence-corrected chi connectivity index (χ0v) is 12.8. The summed E-state index contributed by atoms with van der Waals surface area (Å²) in [7, 11) is 0. The van der Waals surface area contributed by atoms with E-state index in [0.717, 1.165) is 12.1 Å². The number of ether oxygens (including phenoxy) is 1. The average molecular weight is 359 g/mol. The molecule has 10 heteroatoms. The fourth-order valence-electron chi connectivity index (χ4n) is 1.51. The maximum atomic E-state index is 13.5. The van der Waals surface area contributed by atoms with Gasteiger partial charge in [0.05, 0.1) is 10.6 Å². The largest absolute Gasteiger partial charge is 0.451 e. The first kappa shape index (κ1) is 16.8. The van der Waals surface area contributed by atoms with Gasteiger partial charge in [-0.25, -0.2) is 9.18 Å². The third kappa shape index (κ3) is 4.47. The zero-order valence-electron chi connectivity index (χ0n) is 11.2. The van der Waals surface area contributed by atoms with Crippen molar-refractivity contribution < 1.29 is 23.6 Å². The minimum atomic E-state index is -0.880. The number of hydrogen-bond donors (Lipinski definition) is 1. The number of amides is 1. The van der Waals surface area contributed by atoms with Gasteiger partial charge < -0.3 is 10.1 Å². The Balaban J connectivity index is 1.90. The molecule has 1 amide bonds. The molecule has 0 fully saturated rings. The van der Waals surface area contributed by atoms with Crippen LogP contribution in [0.3, 0.4) is 0 Å². The van der Waals surface area contributed by atoms with Crippen molar-refractivity contribution in [1.82, 2.24) is 0 Å². The first-order valence-corrected chi connectivity index (χ1v) is 7.22. The van der Waals surface area contributed by atoms with Crippen molar-refractivity contribution in [1.29, 1.82) is 0 Å². The van der Waals surface area contributed by atoms with Gasteiger partial charge in [-0.1, -0.05) is 22.9 Å². The van der Waals surface area contributed by atoms with Crippen LogP contribution in [0.15, 0.2) is 30.3 Å². The quantitative estimate of drug-likeness (QED) is 0.502. The Morgan fingerprint density at radius 3 is 2.70 bits per heavy atom. The Hall–Kier alpha value is -2.52. The van der Waals surface area contributed by atoms with Gasteiger partial charge in [0.25, 0.3) is 5.91 Å². The van der Waals surface area contributed by atoms with E-state index in [9.17, 15) is 24.1 Å². The van der Waals surface area contributed by atoms with E-state index in [0.29, 0.717) is 11.3 Å². The third-order valence-electron chi connectivity index (χ3n) is 2.51. The molecule has 2 aromatic rings. The number of benzene rings is 1. The van der Waals surface area contributed by atoms with Crippen molar-refractivity contribution in [3.63, 3.8) is 0 Å². The summed E-state index contributed by atoms with van der Waals surface area (Å²) in [6, 6.07) is 6.05. The number of carbonyl (C=O) groups is 2. The maximum absolute atomic E-state index is 13.5. The average Bonchev–Trinajstić information content (AvgIpc) is 2.98. The molecule has 2 rings (SSSR count). The van der Waals surface area contributed by atoms with Gasteiger partial charge in [0.1, 0.15) is 10.7 Å². The predicted molar refractivity (Wildman–Crippen MR) is 81.3 cm³/mol. The molecule has 120 valence electrons. The molecule has 1 aromatic carbocycles. The highest BCUT2D eigenvalue weighted by molar-refractivity contribution is 7.17. The summed E-state index contributed by atoms with van der Waals surface area (Å²) in [4.78, 5) is 33.1. The predicted octanol–water partition coefficient (Wildman–Crippen LogP) is 3.24. The fourth-order valence-corrected chi connectivity index (χ4v) is 2.39. The van der Waals surface area contributed by atoms with Crippen LogP contribution in [-0.2, 0) is 9.53 Å². The monoisotopic (exact) mass is 358 g/mol. The van der Waals surface area contributed by atoms with Gasteiger partial charge in [-0.05, 0) is 24.3 Å². The summed E-state index contributed by atoms with van der Waals surface area (Å²) >= 11 is 6.21. The van der Waals surface area contributed by atoms with E-state index in [1.807, 2.05) is 0 Å². The van der Waals surface area contributed by atoms with Crippen molar-refractivity contribution >= 4 is 45.5 Å². The van der Waals surface area contributed by atoms with Crippen molar-refractivity contribution in [3.05, 3.63) is 56.2 Å². The first-order chi connectivity index (χ1) is 10.9. The fraction of sp³-hybridized carbons (Fsp3) is 0.0769. The Kier molecular flexibility index (Phi) is 5.24. The Morgan fingerprint density at radius 1 is 1.35 bits per heavy atom. The SMILES string of the molecule is O=C(COC(=O)c1ccc([N+](=O)[O-])s1)Nc1ccc(Cl)cc1F. The Labute approximate surface area is 137 Å². The molecule has 0 bridgehead atoms. The number of nitrogens with one attached hydrogen (secondary N) is 1. The molecule has 1 N–H and O–H groups in total. The maximum Gasteiger partial charge on any atom is 0.349 e. The molecule has 0 radical (unpaired) electrons. The molecule has 0 aliphatic carbocycles. The highest BCUT2D eigenvalue weighted by atomic mass is 35.5.